The van der Waals surface area contributed by atoms with Gasteiger partial charge in [0.15, 0.2) is 0 Å². The Balaban J connectivity index is 2.68. The third-order valence-electron chi connectivity index (χ3n) is 0.936. The summed E-state index contributed by atoms with van der Waals surface area (Å²) in [6.07, 6.45) is 3.88. The molecule has 0 aromatic heterocycles. The lowest BCUT2D eigenvalue weighted by Gasteiger charge is -1.97. The average molecular weight is 86.7 g/mol. The van der Waals surface area contributed by atoms with E-state index in [4.69, 9.17) is 7.85 Å². The maximum absolute atomic E-state index is 5.38. The fourth-order valence-electron chi connectivity index (χ4n) is 0.571. The van der Waals surface area contributed by atoms with Gasteiger partial charge in [-0.1, -0.05) is 24.2 Å². The molecule has 7 heavy (non-hydrogen) atoms. The molecule has 0 N–H and O–H groups in total. The van der Waals surface area contributed by atoms with E-state index < -0.39 is 0 Å². The van der Waals surface area contributed by atoms with Crippen LogP contribution in [0.25, 0.3) is 0 Å². The van der Waals surface area contributed by atoms with Crippen molar-refractivity contribution < 1.29 is 0 Å². The van der Waals surface area contributed by atoms with E-state index in [-0.39, 0.29) is 0 Å². The van der Waals surface area contributed by atoms with Gasteiger partial charge in [-0.3, -0.25) is 0 Å². The molecule has 31 valence electrons. The maximum atomic E-state index is 5.38. The van der Waals surface area contributed by atoms with Crippen molar-refractivity contribution in [2.75, 3.05) is 0 Å². The summed E-state index contributed by atoms with van der Waals surface area (Å²) in [5.41, 5.74) is 3.77. The van der Waals surface area contributed by atoms with Gasteiger partial charge in [0.1, 0.15) is 15.1 Å². The maximum Gasteiger partial charge on any atom is 0.120 e. The number of rotatable bonds is 0. The molecule has 1 rings (SSSR count). The smallest absolute Gasteiger partial charge is 0.120 e. The highest BCUT2D eigenvalue weighted by Gasteiger charge is 1.92. The predicted molar refractivity (Wildman–Crippen MR) is 32.7 cm³/mol. The molecule has 0 fully saturated rings. The van der Waals surface area contributed by atoms with Gasteiger partial charge in [0, 0.05) is 0 Å². The average Bonchev–Trinajstić information content (AvgIpc) is 1.69. The second-order valence-electron chi connectivity index (χ2n) is 1.60. The summed E-state index contributed by atoms with van der Waals surface area (Å²) in [4.78, 5) is 0. The second-order valence-corrected chi connectivity index (χ2v) is 1.60. The Hall–Kier alpha value is -0.350. The van der Waals surface area contributed by atoms with E-state index in [1.807, 2.05) is 6.08 Å². The van der Waals surface area contributed by atoms with Crippen LogP contribution in [0.1, 0.15) is 0 Å². The van der Waals surface area contributed by atoms with Crippen LogP contribution in [0.3, 0.4) is 0 Å². The minimum Gasteiger partial charge on any atom is -0.139 e. The standard InChI is InChI=1S/C5H5B2/c6-5-2-1-3-7-4-5/h1H,3-4H2. The second kappa shape index (κ2) is 2.09. The van der Waals surface area contributed by atoms with Crippen LogP contribution in [0.5, 0.6) is 0 Å². The molecule has 1 aliphatic heterocycles. The molecule has 0 aliphatic carbocycles. The van der Waals surface area contributed by atoms with Crippen LogP contribution < -0.4 is 0 Å². The van der Waals surface area contributed by atoms with Crippen molar-refractivity contribution in [3.05, 3.63) is 17.3 Å². The summed E-state index contributed by atoms with van der Waals surface area (Å²) in [5, 5.41) is 0. The fraction of sp³-hybridized carbons (Fsp3) is 0.400. The first-order chi connectivity index (χ1) is 3.39. The molecule has 0 aromatic carbocycles. The zero-order valence-corrected chi connectivity index (χ0v) is 4.15. The van der Waals surface area contributed by atoms with E-state index in [1.165, 1.54) is 0 Å². The van der Waals surface area contributed by atoms with Crippen LogP contribution in [-0.2, 0) is 0 Å². The quantitative estimate of drug-likeness (QED) is 0.302. The van der Waals surface area contributed by atoms with Crippen LogP contribution in [0.15, 0.2) is 17.3 Å². The van der Waals surface area contributed by atoms with Crippen LogP contribution in [-0.4, -0.2) is 15.1 Å². The summed E-state index contributed by atoms with van der Waals surface area (Å²) >= 11 is 0. The predicted octanol–water partition coefficient (Wildman–Crippen LogP) is 0.748. The Kier molecular flexibility index (Phi) is 1.43. The first kappa shape index (κ1) is 4.80. The molecule has 0 amide bonds. The molecule has 0 saturated carbocycles. The van der Waals surface area contributed by atoms with Crippen molar-refractivity contribution in [1.82, 2.24) is 0 Å². The van der Waals surface area contributed by atoms with Crippen molar-refractivity contribution in [3.63, 3.8) is 0 Å². The van der Waals surface area contributed by atoms with Crippen LogP contribution >= 0.6 is 0 Å². The van der Waals surface area contributed by atoms with Gasteiger partial charge >= 0.3 is 0 Å². The van der Waals surface area contributed by atoms with Gasteiger partial charge in [0.2, 0.25) is 0 Å². The van der Waals surface area contributed by atoms with E-state index >= 15 is 0 Å². The Labute approximate surface area is 46.0 Å². The lowest BCUT2D eigenvalue weighted by molar-refractivity contribution is 1.50. The topological polar surface area (TPSA) is 0 Å². The highest BCUT2D eigenvalue weighted by molar-refractivity contribution is 6.41. The summed E-state index contributed by atoms with van der Waals surface area (Å²) in [6.45, 7) is 0. The van der Waals surface area contributed by atoms with Gasteiger partial charge in [-0.25, -0.2) is 0 Å². The number of hydrogen-bond donors (Lipinski definition) is 0. The van der Waals surface area contributed by atoms with E-state index in [1.54, 1.807) is 0 Å². The fourth-order valence-corrected chi connectivity index (χ4v) is 0.571. The third kappa shape index (κ3) is 1.29. The first-order valence-electron chi connectivity index (χ1n) is 2.41. The summed E-state index contributed by atoms with van der Waals surface area (Å²) in [7, 11) is 7.51. The van der Waals surface area contributed by atoms with Crippen molar-refractivity contribution >= 4 is 15.1 Å². The summed E-state index contributed by atoms with van der Waals surface area (Å²) in [6, 6.07) is 0. The van der Waals surface area contributed by atoms with Gasteiger partial charge < -0.3 is 0 Å². The van der Waals surface area contributed by atoms with Crippen molar-refractivity contribution in [1.29, 1.82) is 0 Å². The Morgan fingerprint density at radius 3 is 3.00 bits per heavy atom. The molecule has 0 saturated heterocycles. The summed E-state index contributed by atoms with van der Waals surface area (Å²) in [5.74, 6) is 0. The molecule has 0 aromatic rings. The molecular formula is C5H5B2. The molecule has 3 radical (unpaired) electrons. The zero-order valence-electron chi connectivity index (χ0n) is 4.15. The number of hydrogen-bond acceptors (Lipinski definition) is 0. The summed E-state index contributed by atoms with van der Waals surface area (Å²) < 4.78 is 0. The van der Waals surface area contributed by atoms with Crippen molar-refractivity contribution in [2.45, 2.75) is 12.6 Å². The zero-order chi connectivity index (χ0) is 5.11. The lowest BCUT2D eigenvalue weighted by Crippen LogP contribution is -1.92. The van der Waals surface area contributed by atoms with E-state index in [0.29, 0.717) is 0 Å². The Bertz CT molecular complexity index is 120. The largest absolute Gasteiger partial charge is 0.139 e. The van der Waals surface area contributed by atoms with E-state index in [0.717, 1.165) is 18.1 Å². The molecule has 2 heteroatoms. The molecule has 1 heterocycles. The van der Waals surface area contributed by atoms with Crippen molar-refractivity contribution in [2.24, 2.45) is 0 Å². The number of allylic oxidation sites excluding steroid dienone is 1. The van der Waals surface area contributed by atoms with Gasteiger partial charge in [0.25, 0.3) is 0 Å². The highest BCUT2D eigenvalue weighted by Crippen LogP contribution is 2.01. The third-order valence-corrected chi connectivity index (χ3v) is 0.936. The van der Waals surface area contributed by atoms with Gasteiger partial charge in [-0.15, -0.1) is 5.73 Å². The molecule has 0 nitrogen and oxygen atoms in total. The van der Waals surface area contributed by atoms with Crippen LogP contribution in [0.2, 0.25) is 12.6 Å². The molecule has 0 bridgehead atoms. The highest BCUT2D eigenvalue weighted by atomic mass is 13.7. The first-order valence-corrected chi connectivity index (χ1v) is 2.41. The van der Waals surface area contributed by atoms with Crippen molar-refractivity contribution in [3.8, 4) is 0 Å². The Morgan fingerprint density at radius 2 is 2.71 bits per heavy atom. The Morgan fingerprint density at radius 1 is 1.86 bits per heavy atom. The van der Waals surface area contributed by atoms with Gasteiger partial charge in [0.05, 0.1) is 0 Å². The van der Waals surface area contributed by atoms with E-state index in [9.17, 15) is 0 Å². The monoisotopic (exact) mass is 87.1 g/mol. The van der Waals surface area contributed by atoms with Crippen LogP contribution in [0.4, 0.5) is 0 Å². The van der Waals surface area contributed by atoms with Crippen LogP contribution in [0, 0.1) is 0 Å². The molecule has 0 atom stereocenters. The van der Waals surface area contributed by atoms with E-state index in [2.05, 4.69) is 13.0 Å². The normalized spacial score (nSPS) is 18.0. The molecular weight excluding hydrogens is 81.7 g/mol. The lowest BCUT2D eigenvalue weighted by atomic mass is 9.63. The van der Waals surface area contributed by atoms with Gasteiger partial charge in [-0.2, -0.15) is 0 Å². The minimum absolute atomic E-state index is 0.853. The SMILES string of the molecule is [B]C1=C=CC[B]C1. The molecule has 0 unspecified atom stereocenters. The molecule has 1 aliphatic rings. The van der Waals surface area contributed by atoms with Gasteiger partial charge in [-0.05, 0) is 0 Å². The molecule has 0 spiro atoms. The minimum atomic E-state index is 0.853.